The molecule has 10 heteroatoms. The molecule has 0 bridgehead atoms. The van der Waals surface area contributed by atoms with E-state index in [2.05, 4.69) is 15.6 Å². The van der Waals surface area contributed by atoms with Gasteiger partial charge in [-0.15, -0.1) is 11.3 Å². The van der Waals surface area contributed by atoms with E-state index in [-0.39, 0.29) is 35.4 Å². The molecule has 0 aliphatic carbocycles. The van der Waals surface area contributed by atoms with E-state index in [0.29, 0.717) is 30.2 Å². The normalized spacial score (nSPS) is 13.5. The van der Waals surface area contributed by atoms with E-state index in [0.717, 1.165) is 0 Å². The zero-order chi connectivity index (χ0) is 21.1. The minimum atomic E-state index is -0.570. The van der Waals surface area contributed by atoms with Crippen LogP contribution in [0.15, 0.2) is 46.4 Å². The van der Waals surface area contributed by atoms with Crippen LogP contribution in [-0.2, 0) is 16.0 Å². The fourth-order valence-corrected chi connectivity index (χ4v) is 3.79. The van der Waals surface area contributed by atoms with Crippen molar-refractivity contribution in [1.29, 1.82) is 0 Å². The summed E-state index contributed by atoms with van der Waals surface area (Å²) in [4.78, 5) is 41.6. The topological polar surface area (TPSA) is 105 Å². The Kier molecular flexibility index (Phi) is 5.57. The number of hydrogen-bond donors (Lipinski definition) is 2. The number of hydrogen-bond acceptors (Lipinski definition) is 6. The molecule has 0 spiro atoms. The number of amides is 3. The van der Waals surface area contributed by atoms with Crippen LogP contribution in [0, 0.1) is 5.82 Å². The summed E-state index contributed by atoms with van der Waals surface area (Å²) in [5.74, 6) is -1.33. The highest BCUT2D eigenvalue weighted by Gasteiger charge is 2.24. The van der Waals surface area contributed by atoms with Crippen molar-refractivity contribution >= 4 is 45.6 Å². The molecule has 1 aliphatic rings. The Labute approximate surface area is 174 Å². The van der Waals surface area contributed by atoms with Crippen molar-refractivity contribution < 1.29 is 23.2 Å². The lowest BCUT2D eigenvalue weighted by molar-refractivity contribution is -0.117. The second kappa shape index (κ2) is 8.46. The van der Waals surface area contributed by atoms with Gasteiger partial charge >= 0.3 is 0 Å². The average molecular weight is 428 g/mol. The largest absolute Gasteiger partial charge is 0.459 e. The highest BCUT2D eigenvalue weighted by Crippen LogP contribution is 2.27. The lowest BCUT2D eigenvalue weighted by Crippen LogP contribution is -2.24. The van der Waals surface area contributed by atoms with Gasteiger partial charge in [-0.3, -0.25) is 19.7 Å². The molecule has 3 heterocycles. The highest BCUT2D eigenvalue weighted by atomic mass is 32.1. The summed E-state index contributed by atoms with van der Waals surface area (Å²) in [7, 11) is 0. The maximum Gasteiger partial charge on any atom is 0.293 e. The van der Waals surface area contributed by atoms with E-state index in [1.807, 2.05) is 0 Å². The second-order valence-corrected chi connectivity index (χ2v) is 7.47. The molecule has 2 N–H and O–H groups in total. The minimum absolute atomic E-state index is 0.0406. The van der Waals surface area contributed by atoms with E-state index in [1.54, 1.807) is 17.5 Å². The molecule has 0 atom stereocenters. The molecule has 2 aromatic heterocycles. The van der Waals surface area contributed by atoms with Gasteiger partial charge in [0.25, 0.3) is 5.91 Å². The lowest BCUT2D eigenvalue weighted by atomic mass is 10.2. The number of benzene rings is 1. The van der Waals surface area contributed by atoms with Crippen LogP contribution < -0.4 is 15.5 Å². The van der Waals surface area contributed by atoms with Crippen molar-refractivity contribution in [3.63, 3.8) is 0 Å². The Hall–Kier alpha value is -3.53. The van der Waals surface area contributed by atoms with Crippen LogP contribution in [-0.4, -0.2) is 29.3 Å². The maximum atomic E-state index is 14.4. The molecule has 4 rings (SSSR count). The summed E-state index contributed by atoms with van der Waals surface area (Å²) >= 11 is 1.18. The number of nitrogens with zero attached hydrogens (tertiary/aromatic N) is 2. The first-order valence-electron chi connectivity index (χ1n) is 9.18. The van der Waals surface area contributed by atoms with Crippen LogP contribution in [0.3, 0.4) is 0 Å². The van der Waals surface area contributed by atoms with Gasteiger partial charge in [0.15, 0.2) is 10.9 Å². The molecule has 1 saturated heterocycles. The Morgan fingerprint density at radius 1 is 1.27 bits per heavy atom. The number of carbonyl (C=O) groups excluding carboxylic acids is 3. The number of aromatic nitrogens is 1. The van der Waals surface area contributed by atoms with Crippen molar-refractivity contribution in [2.75, 3.05) is 22.1 Å². The molecular formula is C20H17FN4O4S. The SMILES string of the molecule is O=C(Cc1csc(NC(=O)c2ccco2)n1)Nc1ccc(N2CCCC2=O)c(F)c1. The molecule has 3 amide bonds. The van der Waals surface area contributed by atoms with Gasteiger partial charge < -0.3 is 14.6 Å². The van der Waals surface area contributed by atoms with Gasteiger partial charge in [0.05, 0.1) is 24.1 Å². The van der Waals surface area contributed by atoms with Crippen molar-refractivity contribution in [2.24, 2.45) is 0 Å². The zero-order valence-electron chi connectivity index (χ0n) is 15.7. The number of rotatable bonds is 6. The molecule has 1 aliphatic heterocycles. The first kappa shape index (κ1) is 19.8. The smallest absolute Gasteiger partial charge is 0.293 e. The summed E-state index contributed by atoms with van der Waals surface area (Å²) in [5, 5.41) is 7.20. The first-order chi connectivity index (χ1) is 14.5. The van der Waals surface area contributed by atoms with Crippen LogP contribution in [0.25, 0.3) is 0 Å². The van der Waals surface area contributed by atoms with Crippen LogP contribution in [0.2, 0.25) is 0 Å². The number of furan rings is 1. The molecule has 3 aromatic rings. The van der Waals surface area contributed by atoms with Gasteiger partial charge in [-0.05, 0) is 36.8 Å². The summed E-state index contributed by atoms with van der Waals surface area (Å²) in [6.07, 6.45) is 2.47. The molecule has 0 radical (unpaired) electrons. The third-order valence-corrected chi connectivity index (χ3v) is 5.26. The molecular weight excluding hydrogens is 411 g/mol. The van der Waals surface area contributed by atoms with Gasteiger partial charge in [0.1, 0.15) is 5.82 Å². The summed E-state index contributed by atoms with van der Waals surface area (Å²) in [6.45, 7) is 0.490. The van der Waals surface area contributed by atoms with Crippen molar-refractivity contribution in [3.05, 3.63) is 59.2 Å². The second-order valence-electron chi connectivity index (χ2n) is 6.62. The van der Waals surface area contributed by atoms with Gasteiger partial charge in [0, 0.05) is 24.0 Å². The van der Waals surface area contributed by atoms with Gasteiger partial charge in [-0.1, -0.05) is 0 Å². The fraction of sp³-hybridized carbons (Fsp3) is 0.200. The van der Waals surface area contributed by atoms with Crippen LogP contribution in [0.5, 0.6) is 0 Å². The first-order valence-corrected chi connectivity index (χ1v) is 10.1. The molecule has 0 unspecified atom stereocenters. The van der Waals surface area contributed by atoms with E-state index < -0.39 is 11.7 Å². The standard InChI is InChI=1S/C20H17FN4O4S/c21-14-9-12(5-6-15(14)25-7-1-4-18(25)27)22-17(26)10-13-11-30-20(23-13)24-19(28)16-3-2-8-29-16/h2-3,5-6,8-9,11H,1,4,7,10H2,(H,22,26)(H,23,24,28). The molecule has 0 saturated carbocycles. The Morgan fingerprint density at radius 3 is 2.83 bits per heavy atom. The molecule has 1 aromatic carbocycles. The van der Waals surface area contributed by atoms with Gasteiger partial charge in [-0.2, -0.15) is 0 Å². The minimum Gasteiger partial charge on any atom is -0.459 e. The summed E-state index contributed by atoms with van der Waals surface area (Å²) in [6, 6.07) is 7.36. The van der Waals surface area contributed by atoms with Crippen LogP contribution >= 0.6 is 11.3 Å². The van der Waals surface area contributed by atoms with Crippen LogP contribution in [0.1, 0.15) is 29.1 Å². The third kappa shape index (κ3) is 4.38. The zero-order valence-corrected chi connectivity index (χ0v) is 16.5. The molecule has 1 fully saturated rings. The molecule has 8 nitrogen and oxygen atoms in total. The van der Waals surface area contributed by atoms with Crippen LogP contribution in [0.4, 0.5) is 20.9 Å². The summed E-state index contributed by atoms with van der Waals surface area (Å²) in [5.41, 5.74) is 0.966. The van der Waals surface area contributed by atoms with E-state index >= 15 is 0 Å². The Bertz CT molecular complexity index is 1100. The van der Waals surface area contributed by atoms with Gasteiger partial charge in [-0.25, -0.2) is 9.37 Å². The third-order valence-electron chi connectivity index (χ3n) is 4.45. The number of thiazole rings is 1. The lowest BCUT2D eigenvalue weighted by Gasteiger charge is -2.17. The number of carbonyl (C=O) groups is 3. The predicted molar refractivity (Wildman–Crippen MR) is 109 cm³/mol. The maximum absolute atomic E-state index is 14.4. The van der Waals surface area contributed by atoms with Crippen molar-refractivity contribution in [2.45, 2.75) is 19.3 Å². The summed E-state index contributed by atoms with van der Waals surface area (Å²) < 4.78 is 19.4. The van der Waals surface area contributed by atoms with Crippen molar-refractivity contribution in [1.82, 2.24) is 4.98 Å². The fourth-order valence-electron chi connectivity index (χ4n) is 3.09. The molecule has 154 valence electrons. The Morgan fingerprint density at radius 2 is 2.13 bits per heavy atom. The quantitative estimate of drug-likeness (QED) is 0.626. The predicted octanol–water partition coefficient (Wildman–Crippen LogP) is 3.44. The average Bonchev–Trinajstić information content (AvgIpc) is 3.45. The van der Waals surface area contributed by atoms with E-state index in [4.69, 9.17) is 4.42 Å². The van der Waals surface area contributed by atoms with Crippen molar-refractivity contribution in [3.8, 4) is 0 Å². The number of anilines is 3. The Balaban J connectivity index is 1.35. The number of nitrogens with one attached hydrogen (secondary N) is 2. The molecule has 30 heavy (non-hydrogen) atoms. The number of halogens is 1. The van der Waals surface area contributed by atoms with Gasteiger partial charge in [0.2, 0.25) is 11.8 Å². The van der Waals surface area contributed by atoms with E-state index in [1.165, 1.54) is 40.7 Å². The monoisotopic (exact) mass is 428 g/mol. The van der Waals surface area contributed by atoms with E-state index in [9.17, 15) is 18.8 Å². The highest BCUT2D eigenvalue weighted by molar-refractivity contribution is 7.14.